The summed E-state index contributed by atoms with van der Waals surface area (Å²) in [4.78, 5) is 0. The number of nitrogens with zero attached hydrogens (tertiary/aromatic N) is 4. The van der Waals surface area contributed by atoms with E-state index in [0.717, 1.165) is 64.7 Å². The summed E-state index contributed by atoms with van der Waals surface area (Å²) in [6.07, 6.45) is 24.5. The van der Waals surface area contributed by atoms with Crippen molar-refractivity contribution in [3.05, 3.63) is 170 Å². The molecule has 0 aliphatic rings. The molecule has 0 N–H and O–H groups in total. The Labute approximate surface area is 304 Å². The first-order valence-corrected chi connectivity index (χ1v) is 16.8. The van der Waals surface area contributed by atoms with Gasteiger partial charge in [0.2, 0.25) is 0 Å². The van der Waals surface area contributed by atoms with Crippen molar-refractivity contribution >= 4 is 0 Å². The Morgan fingerprint density at radius 2 is 0.520 bits per heavy atom. The van der Waals surface area contributed by atoms with Crippen LogP contribution in [-0.2, 0) is 39.0 Å². The van der Waals surface area contributed by atoms with E-state index in [4.69, 9.17) is 0 Å². The Hall–Kier alpha value is -4.96. The van der Waals surface area contributed by atoms with Crippen molar-refractivity contribution < 1.29 is 18.3 Å². The van der Waals surface area contributed by atoms with Gasteiger partial charge in [0.1, 0.15) is 26.2 Å². The van der Waals surface area contributed by atoms with Crippen LogP contribution in [-0.4, -0.2) is 0 Å². The molecular weight excluding hydrogens is 609 g/mol. The molecular formula is C46H62N4+4. The molecule has 4 heteroatoms. The van der Waals surface area contributed by atoms with Crippen LogP contribution >= 0.6 is 0 Å². The third kappa shape index (κ3) is 12.5. The molecule has 0 unspecified atom stereocenters. The molecule has 0 bridgehead atoms. The van der Waals surface area contributed by atoms with Crippen LogP contribution in [0.2, 0.25) is 0 Å². The van der Waals surface area contributed by atoms with E-state index in [1.165, 1.54) is 33.4 Å². The molecule has 6 aromatic rings. The van der Waals surface area contributed by atoms with Crippen molar-refractivity contribution in [1.82, 2.24) is 0 Å². The number of aryl methyl sites for hydroxylation is 6. The van der Waals surface area contributed by atoms with Gasteiger partial charge in [0, 0.05) is 74.2 Å². The van der Waals surface area contributed by atoms with E-state index in [0.29, 0.717) is 0 Å². The van der Waals surface area contributed by atoms with Gasteiger partial charge in [0.05, 0.1) is 0 Å². The minimum atomic E-state index is 0. The first kappa shape index (κ1) is 41.2. The molecule has 0 aliphatic heterocycles. The second-order valence-corrected chi connectivity index (χ2v) is 12.2. The summed E-state index contributed by atoms with van der Waals surface area (Å²) in [7, 11) is 0. The van der Waals surface area contributed by atoms with Gasteiger partial charge in [-0.1, -0.05) is 90.4 Å². The quantitative estimate of drug-likeness (QED) is 0.0764. The smallest absolute Gasteiger partial charge is 0.169 e. The van der Waals surface area contributed by atoms with E-state index in [2.05, 4.69) is 177 Å². The zero-order valence-electron chi connectivity index (χ0n) is 26.9. The van der Waals surface area contributed by atoms with Crippen LogP contribution in [0.15, 0.2) is 159 Å². The topological polar surface area (TPSA) is 15.5 Å². The zero-order valence-corrected chi connectivity index (χ0v) is 26.9. The largest absolute Gasteiger partial charge is 0.205 e. The highest BCUT2D eigenvalue weighted by Crippen LogP contribution is 2.17. The van der Waals surface area contributed by atoms with Crippen molar-refractivity contribution in [2.45, 2.75) is 94.4 Å². The van der Waals surface area contributed by atoms with E-state index >= 15 is 0 Å². The highest BCUT2D eigenvalue weighted by molar-refractivity contribution is 5.61. The Kier molecular flexibility index (Phi) is 18.0. The lowest BCUT2D eigenvalue weighted by Crippen LogP contribution is -2.35. The fraction of sp³-hybridized carbons (Fsp3) is 0.304. The van der Waals surface area contributed by atoms with Gasteiger partial charge in [0.25, 0.3) is 0 Å². The molecule has 0 radical (unpaired) electrons. The molecule has 0 aliphatic carbocycles. The normalized spacial score (nSPS) is 10.2. The molecule has 0 fully saturated rings. The predicted octanol–water partition coefficient (Wildman–Crippen LogP) is 9.46. The Balaban J connectivity index is 0.00000217. The summed E-state index contributed by atoms with van der Waals surface area (Å²) >= 11 is 0. The summed E-state index contributed by atoms with van der Waals surface area (Å²) in [5.41, 5.74) is 7.87. The summed E-state index contributed by atoms with van der Waals surface area (Å²) in [5.74, 6) is 0. The molecule has 4 heterocycles. The van der Waals surface area contributed by atoms with Crippen LogP contribution in [0.3, 0.4) is 0 Å². The molecule has 4 nitrogen and oxygen atoms in total. The average molecular weight is 671 g/mol. The van der Waals surface area contributed by atoms with E-state index in [-0.39, 0.29) is 29.7 Å². The van der Waals surface area contributed by atoms with Gasteiger partial charge in [-0.05, 0) is 46.2 Å². The van der Waals surface area contributed by atoms with Crippen molar-refractivity contribution in [2.75, 3.05) is 0 Å². The monoisotopic (exact) mass is 670 g/mol. The highest BCUT2D eigenvalue weighted by Gasteiger charge is 2.09. The Bertz CT molecular complexity index is 1600. The van der Waals surface area contributed by atoms with Crippen molar-refractivity contribution in [1.29, 1.82) is 0 Å². The van der Waals surface area contributed by atoms with Crippen LogP contribution in [0, 0.1) is 0 Å². The van der Waals surface area contributed by atoms with Gasteiger partial charge in [0.15, 0.2) is 49.6 Å². The Morgan fingerprint density at radius 1 is 0.280 bits per heavy atom. The second kappa shape index (κ2) is 21.9. The Morgan fingerprint density at radius 3 is 0.780 bits per heavy atom. The maximum Gasteiger partial charge on any atom is 0.169 e. The number of unbranched alkanes of at least 4 members (excludes halogenated alkanes) is 1. The lowest BCUT2D eigenvalue weighted by molar-refractivity contribution is -0.708. The third-order valence-electron chi connectivity index (χ3n) is 8.76. The van der Waals surface area contributed by atoms with Crippen LogP contribution in [0.5, 0.6) is 0 Å². The fourth-order valence-corrected chi connectivity index (χ4v) is 6.00. The van der Waals surface area contributed by atoms with Crippen molar-refractivity contribution in [2.24, 2.45) is 0 Å². The van der Waals surface area contributed by atoms with Gasteiger partial charge >= 0.3 is 0 Å². The van der Waals surface area contributed by atoms with E-state index in [9.17, 15) is 0 Å². The SMILES string of the molecule is C.C.C.C.c1ccc(CCC[n+]2ccc(-c3cc[n+](CCCC[n+]4ccc(-c5cc[n+](CCCc6ccccc6)cc5)cc4)cc3)cc2)cc1. The van der Waals surface area contributed by atoms with Crippen LogP contribution in [0.1, 0.15) is 66.5 Å². The van der Waals surface area contributed by atoms with Crippen LogP contribution < -0.4 is 18.3 Å². The van der Waals surface area contributed by atoms with Crippen molar-refractivity contribution in [3.63, 3.8) is 0 Å². The van der Waals surface area contributed by atoms with Gasteiger partial charge < -0.3 is 0 Å². The maximum atomic E-state index is 2.30. The van der Waals surface area contributed by atoms with E-state index in [1.54, 1.807) is 0 Å². The van der Waals surface area contributed by atoms with Crippen molar-refractivity contribution in [3.8, 4) is 22.3 Å². The molecule has 0 spiro atoms. The molecule has 2 aromatic carbocycles. The van der Waals surface area contributed by atoms with Gasteiger partial charge in [-0.15, -0.1) is 0 Å². The molecule has 0 amide bonds. The number of aromatic nitrogens is 4. The fourth-order valence-electron chi connectivity index (χ4n) is 6.00. The molecule has 50 heavy (non-hydrogen) atoms. The number of pyridine rings is 4. The molecule has 0 atom stereocenters. The summed E-state index contributed by atoms with van der Waals surface area (Å²) in [6, 6.07) is 39.3. The number of benzene rings is 2. The third-order valence-corrected chi connectivity index (χ3v) is 8.76. The highest BCUT2D eigenvalue weighted by atomic mass is 14.9. The lowest BCUT2D eigenvalue weighted by atomic mass is 10.1. The van der Waals surface area contributed by atoms with E-state index < -0.39 is 0 Å². The molecule has 0 saturated carbocycles. The minimum absolute atomic E-state index is 0. The maximum absolute atomic E-state index is 2.30. The first-order chi connectivity index (χ1) is 22.8. The average Bonchev–Trinajstić information content (AvgIpc) is 3.12. The molecule has 262 valence electrons. The van der Waals surface area contributed by atoms with Crippen LogP contribution in [0.25, 0.3) is 22.3 Å². The predicted molar refractivity (Wildman–Crippen MR) is 210 cm³/mol. The molecule has 0 saturated heterocycles. The number of rotatable bonds is 15. The van der Waals surface area contributed by atoms with Gasteiger partial charge in [-0.2, -0.15) is 0 Å². The minimum Gasteiger partial charge on any atom is -0.205 e. The number of hydrogen-bond donors (Lipinski definition) is 0. The molecule has 4 aromatic heterocycles. The molecule has 6 rings (SSSR count). The zero-order chi connectivity index (χ0) is 31.2. The second-order valence-electron chi connectivity index (χ2n) is 12.2. The first-order valence-electron chi connectivity index (χ1n) is 16.8. The summed E-state index contributed by atoms with van der Waals surface area (Å²) in [5, 5.41) is 0. The van der Waals surface area contributed by atoms with Gasteiger partial charge in [-0.3, -0.25) is 0 Å². The summed E-state index contributed by atoms with van der Waals surface area (Å²) in [6.45, 7) is 4.14. The van der Waals surface area contributed by atoms with Gasteiger partial charge in [-0.25, -0.2) is 18.3 Å². The number of hydrogen-bond acceptors (Lipinski definition) is 0. The van der Waals surface area contributed by atoms with E-state index in [1.807, 2.05) is 0 Å². The van der Waals surface area contributed by atoms with Crippen LogP contribution in [0.4, 0.5) is 0 Å². The summed E-state index contributed by atoms with van der Waals surface area (Å²) < 4.78 is 9.17. The standard InChI is InChI=1S/C42H46N4.4CH4/c1-3-11-37(12-4-1)15-9-27-45-33-21-41(22-34-45)39-17-29-43(30-18-39)25-7-8-26-44-31-19-40(20-32-44)42-23-35-46(36-24-42)28-10-16-38-13-5-2-6-14-38;;;;/h1-6,11-14,17-24,29-36H,7-10,15-16,25-28H2;4*1H4/q+4;;;;. The lowest BCUT2D eigenvalue weighted by Gasteiger charge is -2.03.